The van der Waals surface area contributed by atoms with Crippen LogP contribution in [0, 0.1) is 5.82 Å². The molecule has 5 heteroatoms. The first-order chi connectivity index (χ1) is 7.18. The maximum atomic E-state index is 13.4. The first kappa shape index (κ1) is 10.0. The second-order valence-electron chi connectivity index (χ2n) is 2.86. The van der Waals surface area contributed by atoms with Gasteiger partial charge in [0.15, 0.2) is 0 Å². The molecule has 0 amide bonds. The third-order valence-electron chi connectivity index (χ3n) is 1.85. The van der Waals surface area contributed by atoms with Gasteiger partial charge in [-0.3, -0.25) is 4.79 Å². The van der Waals surface area contributed by atoms with Gasteiger partial charge >= 0.3 is 0 Å². The Kier molecular flexibility index (Phi) is 2.64. The zero-order valence-electron chi connectivity index (χ0n) is 7.52. The van der Waals surface area contributed by atoms with Gasteiger partial charge in [0.1, 0.15) is 16.1 Å². The van der Waals surface area contributed by atoms with E-state index >= 15 is 0 Å². The second kappa shape index (κ2) is 3.94. The predicted octanol–water partition coefficient (Wildman–Crippen LogP) is 2.13. The highest BCUT2D eigenvalue weighted by Gasteiger charge is 2.06. The van der Waals surface area contributed by atoms with Crippen LogP contribution in [0.5, 0.6) is 0 Å². The van der Waals surface area contributed by atoms with E-state index in [0.717, 1.165) is 4.68 Å². The lowest BCUT2D eigenvalue weighted by Crippen LogP contribution is -2.20. The summed E-state index contributed by atoms with van der Waals surface area (Å²) in [5.41, 5.74) is -0.230. The van der Waals surface area contributed by atoms with Crippen LogP contribution in [0.2, 0.25) is 0 Å². The fraction of sp³-hybridized carbons (Fsp3) is 0. The molecule has 2 aromatic rings. The number of hydrogen-bond donors (Lipinski definition) is 0. The molecule has 0 bridgehead atoms. The van der Waals surface area contributed by atoms with Gasteiger partial charge in [-0.25, -0.2) is 4.39 Å². The molecule has 0 saturated heterocycles. The van der Waals surface area contributed by atoms with Crippen LogP contribution in [-0.4, -0.2) is 9.78 Å². The number of aromatic nitrogens is 2. The molecule has 76 valence electrons. The van der Waals surface area contributed by atoms with Gasteiger partial charge < -0.3 is 0 Å². The van der Waals surface area contributed by atoms with Crippen LogP contribution in [0.15, 0.2) is 45.8 Å². The Bertz CT molecular complexity index is 553. The number of benzene rings is 1. The topological polar surface area (TPSA) is 34.9 Å². The fourth-order valence-electron chi connectivity index (χ4n) is 1.18. The second-order valence-corrected chi connectivity index (χ2v) is 3.67. The minimum Gasteiger partial charge on any atom is -0.267 e. The van der Waals surface area contributed by atoms with Crippen LogP contribution in [0.1, 0.15) is 0 Å². The van der Waals surface area contributed by atoms with E-state index in [1.165, 1.54) is 24.3 Å². The van der Waals surface area contributed by atoms with Gasteiger partial charge in [-0.2, -0.15) is 9.78 Å². The zero-order valence-corrected chi connectivity index (χ0v) is 9.11. The molecule has 1 aromatic carbocycles. The summed E-state index contributed by atoms with van der Waals surface area (Å²) in [5.74, 6) is -0.481. The normalized spacial score (nSPS) is 10.3. The van der Waals surface area contributed by atoms with Crippen molar-refractivity contribution in [1.29, 1.82) is 0 Å². The molecule has 1 aromatic heterocycles. The third kappa shape index (κ3) is 1.97. The lowest BCUT2D eigenvalue weighted by Gasteiger charge is -2.04. The van der Waals surface area contributed by atoms with Gasteiger partial charge in [-0.15, -0.1) is 0 Å². The van der Waals surface area contributed by atoms with Crippen LogP contribution in [0.25, 0.3) is 5.69 Å². The molecule has 3 nitrogen and oxygen atoms in total. The molecule has 0 aliphatic rings. The van der Waals surface area contributed by atoms with Crippen LogP contribution < -0.4 is 5.56 Å². The van der Waals surface area contributed by atoms with Crippen molar-refractivity contribution in [2.45, 2.75) is 0 Å². The Morgan fingerprint density at radius 1 is 1.20 bits per heavy atom. The SMILES string of the molecule is O=c1ccc(Br)nn1-c1ccccc1F. The van der Waals surface area contributed by atoms with Crippen molar-refractivity contribution in [2.75, 3.05) is 0 Å². The summed E-state index contributed by atoms with van der Waals surface area (Å²) < 4.78 is 14.9. The monoisotopic (exact) mass is 268 g/mol. The Morgan fingerprint density at radius 2 is 1.93 bits per heavy atom. The fourth-order valence-corrected chi connectivity index (χ4v) is 1.48. The highest BCUT2D eigenvalue weighted by atomic mass is 79.9. The lowest BCUT2D eigenvalue weighted by molar-refractivity contribution is 0.604. The molecule has 0 atom stereocenters. The molecule has 0 radical (unpaired) electrons. The number of hydrogen-bond acceptors (Lipinski definition) is 2. The molecule has 0 aliphatic carbocycles. The van der Waals surface area contributed by atoms with Gasteiger partial charge in [0.2, 0.25) is 0 Å². The van der Waals surface area contributed by atoms with E-state index in [1.54, 1.807) is 12.1 Å². The molecule has 15 heavy (non-hydrogen) atoms. The number of halogens is 2. The van der Waals surface area contributed by atoms with Crippen molar-refractivity contribution in [2.24, 2.45) is 0 Å². The first-order valence-electron chi connectivity index (χ1n) is 4.19. The average Bonchev–Trinajstić information content (AvgIpc) is 2.23. The van der Waals surface area contributed by atoms with E-state index in [9.17, 15) is 9.18 Å². The maximum Gasteiger partial charge on any atom is 0.271 e. The smallest absolute Gasteiger partial charge is 0.267 e. The summed E-state index contributed by atoms with van der Waals surface area (Å²) >= 11 is 3.12. The molecule has 0 fully saturated rings. The zero-order chi connectivity index (χ0) is 10.8. The predicted molar refractivity (Wildman–Crippen MR) is 57.5 cm³/mol. The van der Waals surface area contributed by atoms with Crippen molar-refractivity contribution in [3.05, 3.63) is 57.2 Å². The largest absolute Gasteiger partial charge is 0.271 e. The Hall–Kier alpha value is -1.49. The van der Waals surface area contributed by atoms with Gasteiger partial charge in [-0.1, -0.05) is 12.1 Å². The van der Waals surface area contributed by atoms with Gasteiger partial charge in [0.05, 0.1) is 0 Å². The molecule has 0 aliphatic heterocycles. The number of rotatable bonds is 1. The van der Waals surface area contributed by atoms with Crippen molar-refractivity contribution >= 4 is 15.9 Å². The Balaban J connectivity index is 2.69. The molecule has 0 N–H and O–H groups in total. The quantitative estimate of drug-likeness (QED) is 0.794. The first-order valence-corrected chi connectivity index (χ1v) is 4.98. The highest BCUT2D eigenvalue weighted by Crippen LogP contribution is 2.10. The minimum absolute atomic E-state index is 0.142. The molecular weight excluding hydrogens is 263 g/mol. The van der Waals surface area contributed by atoms with Crippen LogP contribution in [0.4, 0.5) is 4.39 Å². The van der Waals surface area contributed by atoms with Crippen LogP contribution in [-0.2, 0) is 0 Å². The average molecular weight is 269 g/mol. The summed E-state index contributed by atoms with van der Waals surface area (Å²) in [6.07, 6.45) is 0. The molecule has 0 unspecified atom stereocenters. The molecule has 2 rings (SSSR count). The van der Waals surface area contributed by atoms with Crippen LogP contribution in [0.3, 0.4) is 0 Å². The van der Waals surface area contributed by atoms with E-state index in [2.05, 4.69) is 21.0 Å². The lowest BCUT2D eigenvalue weighted by atomic mass is 10.3. The van der Waals surface area contributed by atoms with Crippen molar-refractivity contribution in [3.8, 4) is 5.69 Å². The molecule has 0 spiro atoms. The Labute approximate surface area is 93.3 Å². The summed E-state index contributed by atoms with van der Waals surface area (Å²) in [7, 11) is 0. The maximum absolute atomic E-state index is 13.4. The minimum atomic E-state index is -0.481. The number of nitrogens with zero attached hydrogens (tertiary/aromatic N) is 2. The van der Waals surface area contributed by atoms with Crippen molar-refractivity contribution < 1.29 is 4.39 Å². The highest BCUT2D eigenvalue weighted by molar-refractivity contribution is 9.10. The molecule has 1 heterocycles. The standard InChI is InChI=1S/C10H6BrFN2O/c11-9-5-6-10(15)14(13-9)8-4-2-1-3-7(8)12/h1-6H. The van der Waals surface area contributed by atoms with Gasteiger partial charge in [-0.05, 0) is 34.1 Å². The van der Waals surface area contributed by atoms with Gasteiger partial charge in [0, 0.05) is 6.07 Å². The van der Waals surface area contributed by atoms with E-state index in [-0.39, 0.29) is 11.2 Å². The summed E-state index contributed by atoms with van der Waals surface area (Å²) in [5, 5.41) is 3.88. The van der Waals surface area contributed by atoms with Crippen LogP contribution >= 0.6 is 15.9 Å². The summed E-state index contributed by atoms with van der Waals surface area (Å²) in [4.78, 5) is 11.4. The van der Waals surface area contributed by atoms with Gasteiger partial charge in [0.25, 0.3) is 5.56 Å². The van der Waals surface area contributed by atoms with E-state index in [1.807, 2.05) is 0 Å². The van der Waals surface area contributed by atoms with E-state index in [0.29, 0.717) is 4.60 Å². The third-order valence-corrected chi connectivity index (χ3v) is 2.27. The summed E-state index contributed by atoms with van der Waals surface area (Å²) in [6.45, 7) is 0. The Morgan fingerprint density at radius 3 is 2.67 bits per heavy atom. The van der Waals surface area contributed by atoms with Crippen molar-refractivity contribution in [1.82, 2.24) is 9.78 Å². The summed E-state index contributed by atoms with van der Waals surface area (Å²) in [6, 6.07) is 8.82. The van der Waals surface area contributed by atoms with Crippen molar-refractivity contribution in [3.63, 3.8) is 0 Å². The molecule has 0 saturated carbocycles. The molecular formula is C10H6BrFN2O. The van der Waals surface area contributed by atoms with E-state index < -0.39 is 5.82 Å². The number of para-hydroxylation sites is 1. The van der Waals surface area contributed by atoms with E-state index in [4.69, 9.17) is 0 Å².